The van der Waals surface area contributed by atoms with Crippen LogP contribution in [0.2, 0.25) is 0 Å². The lowest BCUT2D eigenvalue weighted by Gasteiger charge is -2.31. The van der Waals surface area contributed by atoms with E-state index < -0.39 is 10.1 Å². The molecular weight excluding hydrogens is 224 g/mol. The van der Waals surface area contributed by atoms with Gasteiger partial charge in [-0.05, 0) is 0 Å². The number of hydrogen-bond acceptors (Lipinski definition) is 8. The van der Waals surface area contributed by atoms with Crippen LogP contribution < -0.4 is 11.7 Å². The molecule has 92 valence electrons. The molecular formula is C4H12N8O4. The van der Waals surface area contributed by atoms with Crippen molar-refractivity contribution in [1.82, 2.24) is 20.0 Å². The summed E-state index contributed by atoms with van der Waals surface area (Å²) in [6.07, 6.45) is 0. The standard InChI is InChI=1S/C4H12N8O4/c5-7-1-9(11(13)14)3-8(6)4-10(2-7)12(15)16/h1-6H2. The summed E-state index contributed by atoms with van der Waals surface area (Å²) in [7, 11) is 0. The van der Waals surface area contributed by atoms with Gasteiger partial charge < -0.3 is 0 Å². The van der Waals surface area contributed by atoms with E-state index in [9.17, 15) is 20.2 Å². The number of nitrogens with zero attached hydrogens (tertiary/aromatic N) is 6. The molecule has 0 unspecified atom stereocenters. The molecule has 0 radical (unpaired) electrons. The van der Waals surface area contributed by atoms with Crippen LogP contribution in [0.3, 0.4) is 0 Å². The highest BCUT2D eigenvalue weighted by molar-refractivity contribution is 4.52. The number of rotatable bonds is 2. The lowest BCUT2D eigenvalue weighted by Crippen LogP contribution is -2.60. The first-order valence-corrected chi connectivity index (χ1v) is 4.18. The van der Waals surface area contributed by atoms with Gasteiger partial charge >= 0.3 is 0 Å². The van der Waals surface area contributed by atoms with Gasteiger partial charge in [0, 0.05) is 0 Å². The molecule has 1 saturated heterocycles. The molecule has 4 N–H and O–H groups in total. The summed E-state index contributed by atoms with van der Waals surface area (Å²) >= 11 is 0. The molecule has 0 aromatic carbocycles. The summed E-state index contributed by atoms with van der Waals surface area (Å²) in [4.78, 5) is 21.1. The Bertz CT molecular complexity index is 245. The van der Waals surface area contributed by atoms with Crippen LogP contribution in [0.25, 0.3) is 0 Å². The maximum atomic E-state index is 10.5. The third-order valence-corrected chi connectivity index (χ3v) is 1.84. The molecule has 0 bridgehead atoms. The minimum Gasteiger partial charge on any atom is -0.265 e. The van der Waals surface area contributed by atoms with Crippen molar-refractivity contribution in [2.75, 3.05) is 26.7 Å². The van der Waals surface area contributed by atoms with Crippen molar-refractivity contribution in [2.45, 2.75) is 0 Å². The highest BCUT2D eigenvalue weighted by atomic mass is 16.7. The summed E-state index contributed by atoms with van der Waals surface area (Å²) < 4.78 is 0. The van der Waals surface area contributed by atoms with Gasteiger partial charge in [0.15, 0.2) is 10.1 Å². The Kier molecular flexibility index (Phi) is 3.73. The molecule has 0 aromatic rings. The molecule has 1 aliphatic heterocycles. The molecule has 0 saturated carbocycles. The largest absolute Gasteiger partial charge is 0.265 e. The first kappa shape index (κ1) is 12.3. The van der Waals surface area contributed by atoms with Crippen molar-refractivity contribution >= 4 is 0 Å². The topological polar surface area (TPSA) is 151 Å². The van der Waals surface area contributed by atoms with Gasteiger partial charge in [-0.1, -0.05) is 10.0 Å². The molecule has 1 aliphatic rings. The zero-order valence-corrected chi connectivity index (χ0v) is 8.30. The van der Waals surface area contributed by atoms with E-state index in [0.717, 1.165) is 20.0 Å². The Morgan fingerprint density at radius 1 is 0.812 bits per heavy atom. The molecule has 0 aliphatic carbocycles. The predicted molar refractivity (Wildman–Crippen MR) is 49.2 cm³/mol. The fraction of sp³-hybridized carbons (Fsp3) is 1.00. The summed E-state index contributed by atoms with van der Waals surface area (Å²) in [5.41, 5.74) is 0. The average Bonchev–Trinajstić information content (AvgIpc) is 2.12. The van der Waals surface area contributed by atoms with Crippen molar-refractivity contribution < 1.29 is 10.1 Å². The van der Waals surface area contributed by atoms with E-state index in [2.05, 4.69) is 0 Å². The minimum atomic E-state index is -0.665. The van der Waals surface area contributed by atoms with E-state index in [4.69, 9.17) is 11.7 Å². The third-order valence-electron chi connectivity index (χ3n) is 1.84. The van der Waals surface area contributed by atoms with E-state index in [1.54, 1.807) is 0 Å². The van der Waals surface area contributed by atoms with Gasteiger partial charge in [-0.15, -0.1) is 0 Å². The van der Waals surface area contributed by atoms with E-state index in [1.165, 1.54) is 0 Å². The molecule has 0 aromatic heterocycles. The van der Waals surface area contributed by atoms with Crippen LogP contribution in [0.15, 0.2) is 0 Å². The van der Waals surface area contributed by atoms with E-state index in [-0.39, 0.29) is 26.7 Å². The summed E-state index contributed by atoms with van der Waals surface area (Å²) in [5.74, 6) is 10.8. The molecule has 1 fully saturated rings. The Morgan fingerprint density at radius 3 is 1.25 bits per heavy atom. The maximum absolute atomic E-state index is 10.5. The zero-order valence-electron chi connectivity index (χ0n) is 8.30. The second-order valence-corrected chi connectivity index (χ2v) is 3.23. The van der Waals surface area contributed by atoms with Crippen molar-refractivity contribution in [3.05, 3.63) is 20.2 Å². The zero-order chi connectivity index (χ0) is 12.3. The molecule has 16 heavy (non-hydrogen) atoms. The lowest BCUT2D eigenvalue weighted by molar-refractivity contribution is -0.686. The molecule has 0 amide bonds. The van der Waals surface area contributed by atoms with Crippen LogP contribution in [0.1, 0.15) is 0 Å². The van der Waals surface area contributed by atoms with E-state index in [1.807, 2.05) is 0 Å². The third kappa shape index (κ3) is 3.13. The van der Waals surface area contributed by atoms with E-state index in [0.29, 0.717) is 0 Å². The monoisotopic (exact) mass is 236 g/mol. The number of nitrogens with two attached hydrogens (primary N) is 2. The molecule has 0 atom stereocenters. The molecule has 1 heterocycles. The van der Waals surface area contributed by atoms with Crippen LogP contribution in [-0.4, -0.2) is 56.8 Å². The first-order valence-electron chi connectivity index (χ1n) is 4.18. The van der Waals surface area contributed by atoms with Crippen molar-refractivity contribution in [2.24, 2.45) is 11.7 Å². The summed E-state index contributed by atoms with van der Waals surface area (Å²) in [6, 6.07) is 0. The SMILES string of the molecule is NN1CN([N+](=O)[O-])CN(N)CN([N+](=O)[O-])C1. The Morgan fingerprint density at radius 2 is 1.06 bits per heavy atom. The van der Waals surface area contributed by atoms with Crippen LogP contribution in [-0.2, 0) is 0 Å². The lowest BCUT2D eigenvalue weighted by atomic mass is 10.7. The van der Waals surface area contributed by atoms with Gasteiger partial charge in [-0.25, -0.2) is 20.2 Å². The number of nitro groups is 2. The van der Waals surface area contributed by atoms with Gasteiger partial charge in [0.1, 0.15) is 26.7 Å². The van der Waals surface area contributed by atoms with Crippen LogP contribution >= 0.6 is 0 Å². The fourth-order valence-corrected chi connectivity index (χ4v) is 1.22. The maximum Gasteiger partial charge on any atom is 0.162 e. The number of hydrogen-bond donors (Lipinski definition) is 2. The Hall–Kier alpha value is -1.76. The van der Waals surface area contributed by atoms with Gasteiger partial charge in [0.25, 0.3) is 0 Å². The molecule has 0 spiro atoms. The summed E-state index contributed by atoms with van der Waals surface area (Å²) in [5, 5.41) is 23.2. The van der Waals surface area contributed by atoms with Gasteiger partial charge in [0.05, 0.1) is 0 Å². The Labute approximate surface area is 89.7 Å². The summed E-state index contributed by atoms with van der Waals surface area (Å²) in [6.45, 7) is -1.04. The minimum absolute atomic E-state index is 0.259. The molecule has 12 nitrogen and oxygen atoms in total. The molecule has 12 heteroatoms. The first-order chi connectivity index (χ1) is 7.40. The second kappa shape index (κ2) is 4.84. The average molecular weight is 236 g/mol. The highest BCUT2D eigenvalue weighted by Crippen LogP contribution is 2.01. The van der Waals surface area contributed by atoms with Gasteiger partial charge in [-0.2, -0.15) is 10.0 Å². The van der Waals surface area contributed by atoms with Crippen LogP contribution in [0.5, 0.6) is 0 Å². The van der Waals surface area contributed by atoms with Crippen molar-refractivity contribution in [3.63, 3.8) is 0 Å². The second-order valence-electron chi connectivity index (χ2n) is 3.23. The van der Waals surface area contributed by atoms with Gasteiger partial charge in [-0.3, -0.25) is 11.7 Å². The normalized spacial score (nSPS) is 20.4. The van der Waals surface area contributed by atoms with Crippen LogP contribution in [0.4, 0.5) is 0 Å². The van der Waals surface area contributed by atoms with Crippen molar-refractivity contribution in [3.8, 4) is 0 Å². The molecule has 1 rings (SSSR count). The Balaban J connectivity index is 2.70. The number of hydrazine groups is 4. The van der Waals surface area contributed by atoms with Crippen LogP contribution in [0, 0.1) is 20.2 Å². The predicted octanol–water partition coefficient (Wildman–Crippen LogP) is -2.83. The smallest absolute Gasteiger partial charge is 0.162 e. The van der Waals surface area contributed by atoms with Crippen molar-refractivity contribution in [1.29, 1.82) is 0 Å². The quantitative estimate of drug-likeness (QED) is 0.291. The fourth-order valence-electron chi connectivity index (χ4n) is 1.22. The van der Waals surface area contributed by atoms with E-state index >= 15 is 0 Å². The van der Waals surface area contributed by atoms with Gasteiger partial charge in [0.2, 0.25) is 0 Å². The highest BCUT2D eigenvalue weighted by Gasteiger charge is 2.29.